The first-order valence-electron chi connectivity index (χ1n) is 13.7. The summed E-state index contributed by atoms with van der Waals surface area (Å²) in [6, 6.07) is 7.17. The average molecular weight is 567 g/mol. The number of aromatic nitrogens is 2. The van der Waals surface area contributed by atoms with Crippen LogP contribution in [-0.4, -0.2) is 70.8 Å². The number of nitrogens with zero attached hydrogens (tertiary/aromatic N) is 5. The molecule has 1 aliphatic carbocycles. The molecule has 40 heavy (non-hydrogen) atoms. The van der Waals surface area contributed by atoms with E-state index >= 15 is 0 Å². The number of hydrogen-bond acceptors (Lipinski definition) is 8. The molecule has 3 aliphatic rings. The predicted octanol–water partition coefficient (Wildman–Crippen LogP) is 4.57. The Morgan fingerprint density at radius 1 is 1.12 bits per heavy atom. The van der Waals surface area contributed by atoms with E-state index in [1.807, 2.05) is 26.8 Å². The average Bonchev–Trinajstić information content (AvgIpc) is 3.34. The van der Waals surface area contributed by atoms with Crippen LogP contribution in [-0.2, 0) is 4.74 Å². The van der Waals surface area contributed by atoms with Gasteiger partial charge in [0.15, 0.2) is 0 Å². The lowest BCUT2D eigenvalue weighted by Gasteiger charge is -2.47. The smallest absolute Gasteiger partial charge is 0.410 e. The third kappa shape index (κ3) is 6.41. The Kier molecular flexibility index (Phi) is 7.78. The van der Waals surface area contributed by atoms with E-state index < -0.39 is 5.60 Å². The number of anilines is 1. The van der Waals surface area contributed by atoms with Crippen LogP contribution in [0, 0.1) is 16.7 Å². The highest BCUT2D eigenvalue weighted by molar-refractivity contribution is 6.31. The highest BCUT2D eigenvalue weighted by Crippen LogP contribution is 2.41. The molecule has 0 bridgehead atoms. The first kappa shape index (κ1) is 28.0. The molecule has 1 aromatic carbocycles. The van der Waals surface area contributed by atoms with Crippen molar-refractivity contribution < 1.29 is 19.1 Å². The number of rotatable bonds is 5. The van der Waals surface area contributed by atoms with Crippen molar-refractivity contribution in [3.05, 3.63) is 46.9 Å². The Morgan fingerprint density at radius 2 is 1.88 bits per heavy atom. The Labute approximate surface area is 239 Å². The summed E-state index contributed by atoms with van der Waals surface area (Å²) >= 11 is 6.11. The Morgan fingerprint density at radius 3 is 2.50 bits per heavy atom. The number of benzene rings is 1. The first-order chi connectivity index (χ1) is 19.0. The summed E-state index contributed by atoms with van der Waals surface area (Å²) in [4.78, 5) is 38.0. The molecule has 2 saturated heterocycles. The fourth-order valence-corrected chi connectivity index (χ4v) is 5.86. The molecule has 1 saturated carbocycles. The van der Waals surface area contributed by atoms with E-state index in [-0.39, 0.29) is 29.6 Å². The summed E-state index contributed by atoms with van der Waals surface area (Å²) < 4.78 is 11.5. The number of likely N-dealkylation sites (tertiary alicyclic amines) is 1. The van der Waals surface area contributed by atoms with Gasteiger partial charge in [0.2, 0.25) is 0 Å². The standard InChI is InChI=1S/C29H35ClN6O4/c1-28(2,3)40-27(38)36-17-29(18-36)10-11-35(16-29)25-15-32-24(14-33-25)26(37)34-20-5-8-21(9-6-20)39-22-7-4-19(13-31)23(30)12-22/h4,7,12,14-15,20-21H,5-6,8-11,16-18H2,1-3H3,(H,34,37)/t20-,21-. The number of nitrogens with one attached hydrogen (secondary N) is 1. The maximum atomic E-state index is 12.8. The quantitative estimate of drug-likeness (QED) is 0.559. The molecule has 3 fully saturated rings. The van der Waals surface area contributed by atoms with Crippen molar-refractivity contribution in [1.29, 1.82) is 5.26 Å². The molecule has 1 aromatic heterocycles. The van der Waals surface area contributed by atoms with Crippen LogP contribution < -0.4 is 15.0 Å². The molecule has 10 nitrogen and oxygen atoms in total. The van der Waals surface area contributed by atoms with E-state index in [1.165, 1.54) is 6.20 Å². The minimum absolute atomic E-state index is 0.0341. The lowest BCUT2D eigenvalue weighted by Crippen LogP contribution is -2.60. The van der Waals surface area contributed by atoms with Crippen molar-refractivity contribution in [3.63, 3.8) is 0 Å². The summed E-state index contributed by atoms with van der Waals surface area (Å²) in [5.41, 5.74) is 0.277. The van der Waals surface area contributed by atoms with Gasteiger partial charge in [-0.05, 0) is 65.0 Å². The fraction of sp³-hybridized carbons (Fsp3) is 0.552. The molecule has 5 rings (SSSR count). The first-order valence-corrected chi connectivity index (χ1v) is 14.1. The van der Waals surface area contributed by atoms with Crippen LogP contribution in [0.5, 0.6) is 5.75 Å². The predicted molar refractivity (Wildman–Crippen MR) is 149 cm³/mol. The zero-order chi connectivity index (χ0) is 28.5. The molecular formula is C29H35ClN6O4. The summed E-state index contributed by atoms with van der Waals surface area (Å²) in [7, 11) is 0. The molecule has 2 amide bonds. The van der Waals surface area contributed by atoms with Crippen LogP contribution in [0.25, 0.3) is 0 Å². The van der Waals surface area contributed by atoms with Crippen LogP contribution >= 0.6 is 11.6 Å². The van der Waals surface area contributed by atoms with Crippen LogP contribution in [0.1, 0.15) is 68.9 Å². The Balaban J connectivity index is 1.06. The van der Waals surface area contributed by atoms with Gasteiger partial charge in [0, 0.05) is 43.7 Å². The number of amides is 2. The topological polar surface area (TPSA) is 121 Å². The van der Waals surface area contributed by atoms with Crippen molar-refractivity contribution in [2.45, 2.75) is 70.6 Å². The molecule has 212 valence electrons. The van der Waals surface area contributed by atoms with Crippen LogP contribution in [0.4, 0.5) is 10.6 Å². The lowest BCUT2D eigenvalue weighted by molar-refractivity contribution is -0.0266. The van der Waals surface area contributed by atoms with Crippen LogP contribution in [0.15, 0.2) is 30.6 Å². The van der Waals surface area contributed by atoms with Gasteiger partial charge < -0.3 is 24.6 Å². The highest BCUT2D eigenvalue weighted by Gasteiger charge is 2.50. The molecule has 11 heteroatoms. The Bertz CT molecular complexity index is 1290. The van der Waals surface area contributed by atoms with E-state index in [1.54, 1.807) is 29.3 Å². The van der Waals surface area contributed by atoms with Crippen LogP contribution in [0.2, 0.25) is 5.02 Å². The van der Waals surface area contributed by atoms with Gasteiger partial charge in [0.1, 0.15) is 28.9 Å². The van der Waals surface area contributed by atoms with Gasteiger partial charge in [-0.1, -0.05) is 11.6 Å². The minimum atomic E-state index is -0.499. The van der Waals surface area contributed by atoms with E-state index in [9.17, 15) is 9.59 Å². The number of hydrogen-bond donors (Lipinski definition) is 1. The van der Waals surface area contributed by atoms with Crippen molar-refractivity contribution in [2.24, 2.45) is 5.41 Å². The lowest BCUT2D eigenvalue weighted by atomic mass is 9.79. The molecular weight excluding hydrogens is 532 g/mol. The second-order valence-corrected chi connectivity index (χ2v) is 12.5. The fourth-order valence-electron chi connectivity index (χ4n) is 5.65. The van der Waals surface area contributed by atoms with Gasteiger partial charge >= 0.3 is 6.09 Å². The molecule has 0 atom stereocenters. The van der Waals surface area contributed by atoms with Gasteiger partial charge in [0.25, 0.3) is 5.91 Å². The third-order valence-corrected chi connectivity index (χ3v) is 8.02. The number of carbonyl (C=O) groups is 2. The van der Waals surface area contributed by atoms with Crippen molar-refractivity contribution >= 4 is 29.4 Å². The van der Waals surface area contributed by atoms with Gasteiger partial charge in [0.05, 0.1) is 29.1 Å². The van der Waals surface area contributed by atoms with E-state index in [0.29, 0.717) is 35.1 Å². The summed E-state index contributed by atoms with van der Waals surface area (Å²) in [6.07, 6.45) is 7.13. The molecule has 0 unspecified atom stereocenters. The zero-order valence-electron chi connectivity index (χ0n) is 23.2. The summed E-state index contributed by atoms with van der Waals surface area (Å²) in [5.74, 6) is 1.16. The molecule has 1 spiro atoms. The van der Waals surface area contributed by atoms with Gasteiger partial charge in [-0.15, -0.1) is 0 Å². The molecule has 2 aliphatic heterocycles. The summed E-state index contributed by atoms with van der Waals surface area (Å²) in [6.45, 7) is 8.61. The molecule has 2 aromatic rings. The summed E-state index contributed by atoms with van der Waals surface area (Å²) in [5, 5.41) is 12.5. The largest absolute Gasteiger partial charge is 0.490 e. The maximum absolute atomic E-state index is 12.8. The monoisotopic (exact) mass is 566 g/mol. The zero-order valence-corrected chi connectivity index (χ0v) is 23.9. The van der Waals surface area contributed by atoms with Gasteiger partial charge in [-0.2, -0.15) is 5.26 Å². The SMILES string of the molecule is CC(C)(C)OC(=O)N1CC2(CCN(c3cnc(C(=O)N[C@H]4CC[C@H](Oc5ccc(C#N)c(Cl)c5)CC4)cn3)C2)C1. The van der Waals surface area contributed by atoms with E-state index in [0.717, 1.165) is 51.0 Å². The minimum Gasteiger partial charge on any atom is -0.490 e. The molecule has 1 N–H and O–H groups in total. The van der Waals surface area contributed by atoms with Gasteiger partial charge in [-0.25, -0.2) is 14.8 Å². The molecule has 3 heterocycles. The van der Waals surface area contributed by atoms with E-state index in [4.69, 9.17) is 26.3 Å². The third-order valence-electron chi connectivity index (χ3n) is 7.71. The Hall–Kier alpha value is -3.58. The maximum Gasteiger partial charge on any atom is 0.410 e. The number of halogens is 1. The van der Waals surface area contributed by atoms with Crippen molar-refractivity contribution in [2.75, 3.05) is 31.1 Å². The normalized spacial score (nSPS) is 21.9. The highest BCUT2D eigenvalue weighted by atomic mass is 35.5. The van der Waals surface area contributed by atoms with E-state index in [2.05, 4.69) is 20.2 Å². The van der Waals surface area contributed by atoms with Crippen molar-refractivity contribution in [1.82, 2.24) is 20.2 Å². The van der Waals surface area contributed by atoms with Crippen LogP contribution in [0.3, 0.4) is 0 Å². The molecule has 0 radical (unpaired) electrons. The van der Waals surface area contributed by atoms with Gasteiger partial charge in [-0.3, -0.25) is 4.79 Å². The second-order valence-electron chi connectivity index (χ2n) is 12.1. The number of ether oxygens (including phenoxy) is 2. The number of carbonyl (C=O) groups excluding carboxylic acids is 2. The second kappa shape index (κ2) is 11.1. The number of nitriles is 1. The van der Waals surface area contributed by atoms with Crippen molar-refractivity contribution in [3.8, 4) is 11.8 Å².